The molecule has 0 atom stereocenters. The molecule has 2 nitrogen and oxygen atoms in total. The van der Waals surface area contributed by atoms with Gasteiger partial charge in [-0.25, -0.2) is 0 Å². The molecule has 1 amide bonds. The van der Waals surface area contributed by atoms with Crippen molar-refractivity contribution in [1.29, 1.82) is 0 Å². The average Bonchev–Trinajstić information content (AvgIpc) is 2.86. The summed E-state index contributed by atoms with van der Waals surface area (Å²) in [6.45, 7) is 0.648. The number of aryl methyl sites for hydroxylation is 1. The Balaban J connectivity index is 1.73. The highest BCUT2D eigenvalue weighted by atomic mass is 79.9. The SMILES string of the molecule is O=C(CCc1cccc(Cl)c1Cl)NCCc1ccc(Br)s1. The molecule has 0 bridgehead atoms. The van der Waals surface area contributed by atoms with Crippen molar-refractivity contribution >= 4 is 56.4 Å². The number of carbonyl (C=O) groups excluding carboxylic acids is 1. The number of rotatable bonds is 6. The number of hydrogen-bond donors (Lipinski definition) is 1. The molecule has 0 unspecified atom stereocenters. The first-order valence-corrected chi connectivity index (χ1v) is 8.86. The monoisotopic (exact) mass is 405 g/mol. The van der Waals surface area contributed by atoms with Crippen molar-refractivity contribution in [2.24, 2.45) is 0 Å². The van der Waals surface area contributed by atoms with Crippen LogP contribution >= 0.6 is 50.5 Å². The van der Waals surface area contributed by atoms with E-state index in [9.17, 15) is 4.79 Å². The summed E-state index contributed by atoms with van der Waals surface area (Å²) in [5.41, 5.74) is 0.904. The van der Waals surface area contributed by atoms with Gasteiger partial charge in [-0.1, -0.05) is 35.3 Å². The molecule has 0 spiro atoms. The van der Waals surface area contributed by atoms with E-state index in [1.54, 1.807) is 17.4 Å². The first kappa shape index (κ1) is 16.8. The molecule has 1 heterocycles. The van der Waals surface area contributed by atoms with E-state index in [2.05, 4.69) is 27.3 Å². The summed E-state index contributed by atoms with van der Waals surface area (Å²) in [4.78, 5) is 13.1. The molecule has 0 radical (unpaired) electrons. The van der Waals surface area contributed by atoms with Gasteiger partial charge in [0.15, 0.2) is 0 Å². The zero-order chi connectivity index (χ0) is 15.2. The second-order valence-electron chi connectivity index (χ2n) is 4.52. The van der Waals surface area contributed by atoms with Gasteiger partial charge in [0.25, 0.3) is 0 Å². The van der Waals surface area contributed by atoms with E-state index in [4.69, 9.17) is 23.2 Å². The van der Waals surface area contributed by atoms with Gasteiger partial charge < -0.3 is 5.32 Å². The normalized spacial score (nSPS) is 10.6. The second kappa shape index (κ2) is 8.18. The lowest BCUT2D eigenvalue weighted by molar-refractivity contribution is -0.121. The third-order valence-corrected chi connectivity index (χ3v) is 5.52. The quantitative estimate of drug-likeness (QED) is 0.709. The van der Waals surface area contributed by atoms with Crippen LogP contribution in [0.25, 0.3) is 0 Å². The Labute approximate surface area is 146 Å². The van der Waals surface area contributed by atoms with Crippen LogP contribution in [0.1, 0.15) is 16.9 Å². The minimum atomic E-state index is 0.0293. The minimum absolute atomic E-state index is 0.0293. The highest BCUT2D eigenvalue weighted by molar-refractivity contribution is 9.11. The molecule has 0 aliphatic heterocycles. The lowest BCUT2D eigenvalue weighted by atomic mass is 10.1. The maximum Gasteiger partial charge on any atom is 0.220 e. The molecular formula is C15H14BrCl2NOS. The Kier molecular flexibility index (Phi) is 6.55. The number of thiophene rings is 1. The van der Waals surface area contributed by atoms with Gasteiger partial charge in [-0.2, -0.15) is 0 Å². The van der Waals surface area contributed by atoms with Crippen molar-refractivity contribution in [3.63, 3.8) is 0 Å². The molecule has 2 aromatic rings. The van der Waals surface area contributed by atoms with Gasteiger partial charge in [-0.3, -0.25) is 4.79 Å². The van der Waals surface area contributed by atoms with Gasteiger partial charge in [-0.15, -0.1) is 11.3 Å². The lowest BCUT2D eigenvalue weighted by Gasteiger charge is -2.06. The van der Waals surface area contributed by atoms with E-state index in [0.717, 1.165) is 15.8 Å². The molecule has 0 aliphatic carbocycles. The highest BCUT2D eigenvalue weighted by Gasteiger charge is 2.07. The smallest absolute Gasteiger partial charge is 0.220 e. The minimum Gasteiger partial charge on any atom is -0.356 e. The second-order valence-corrected chi connectivity index (χ2v) is 7.85. The van der Waals surface area contributed by atoms with Crippen LogP contribution in [0.5, 0.6) is 0 Å². The predicted molar refractivity (Wildman–Crippen MR) is 93.5 cm³/mol. The molecule has 6 heteroatoms. The molecule has 21 heavy (non-hydrogen) atoms. The Bertz CT molecular complexity index is 630. The van der Waals surface area contributed by atoms with E-state index in [1.165, 1.54) is 4.88 Å². The van der Waals surface area contributed by atoms with E-state index >= 15 is 0 Å². The standard InChI is InChI=1S/C15H14BrCl2NOS/c16-13-6-5-11(21-13)8-9-19-14(20)7-4-10-2-1-3-12(17)15(10)18/h1-3,5-6H,4,7-9H2,(H,19,20). The molecule has 0 saturated carbocycles. The molecule has 1 aromatic carbocycles. The van der Waals surface area contributed by atoms with Gasteiger partial charge in [0.05, 0.1) is 13.8 Å². The zero-order valence-electron chi connectivity index (χ0n) is 11.2. The summed E-state index contributed by atoms with van der Waals surface area (Å²) in [6.07, 6.45) is 1.85. The van der Waals surface area contributed by atoms with Crippen molar-refractivity contribution in [1.82, 2.24) is 5.32 Å². The summed E-state index contributed by atoms with van der Waals surface area (Å²) < 4.78 is 1.11. The Hall–Kier alpha value is -0.550. The topological polar surface area (TPSA) is 29.1 Å². The van der Waals surface area contributed by atoms with Gasteiger partial charge >= 0.3 is 0 Å². The third kappa shape index (κ3) is 5.29. The van der Waals surface area contributed by atoms with E-state index < -0.39 is 0 Å². The van der Waals surface area contributed by atoms with Gasteiger partial charge in [-0.05, 0) is 52.5 Å². The molecule has 1 N–H and O–H groups in total. The summed E-state index contributed by atoms with van der Waals surface area (Å²) in [5, 5.41) is 3.98. The molecule has 2 rings (SSSR count). The molecule has 0 fully saturated rings. The van der Waals surface area contributed by atoms with Gasteiger partial charge in [0, 0.05) is 17.8 Å². The van der Waals surface area contributed by atoms with E-state index in [-0.39, 0.29) is 5.91 Å². The van der Waals surface area contributed by atoms with Crippen LogP contribution < -0.4 is 5.32 Å². The maximum absolute atomic E-state index is 11.8. The van der Waals surface area contributed by atoms with Gasteiger partial charge in [0.2, 0.25) is 5.91 Å². The van der Waals surface area contributed by atoms with Crippen LogP contribution in [0.4, 0.5) is 0 Å². The Morgan fingerprint density at radius 2 is 2.00 bits per heavy atom. The van der Waals surface area contributed by atoms with Crippen LogP contribution in [0.15, 0.2) is 34.1 Å². The van der Waals surface area contributed by atoms with Crippen LogP contribution in [0.3, 0.4) is 0 Å². The first-order valence-electron chi connectivity index (χ1n) is 6.50. The fourth-order valence-corrected chi connectivity index (χ4v) is 3.79. The number of halogens is 3. The molecular weight excluding hydrogens is 393 g/mol. The van der Waals surface area contributed by atoms with Gasteiger partial charge in [0.1, 0.15) is 0 Å². The average molecular weight is 407 g/mol. The zero-order valence-corrected chi connectivity index (χ0v) is 15.1. The van der Waals surface area contributed by atoms with E-state index in [0.29, 0.717) is 29.4 Å². The van der Waals surface area contributed by atoms with Crippen LogP contribution in [0, 0.1) is 0 Å². The number of amides is 1. The van der Waals surface area contributed by atoms with E-state index in [1.807, 2.05) is 18.2 Å². The summed E-state index contributed by atoms with van der Waals surface area (Å²) in [6, 6.07) is 9.56. The van der Waals surface area contributed by atoms with Crippen molar-refractivity contribution in [2.45, 2.75) is 19.3 Å². The van der Waals surface area contributed by atoms with Crippen molar-refractivity contribution in [2.75, 3.05) is 6.54 Å². The fourth-order valence-electron chi connectivity index (χ4n) is 1.89. The molecule has 0 aliphatic rings. The van der Waals surface area contributed by atoms with Crippen molar-refractivity contribution < 1.29 is 4.79 Å². The number of nitrogens with one attached hydrogen (secondary N) is 1. The first-order chi connectivity index (χ1) is 10.1. The predicted octanol–water partition coefficient (Wildman–Crippen LogP) is 5.11. The molecule has 1 aromatic heterocycles. The van der Waals surface area contributed by atoms with Crippen molar-refractivity contribution in [3.05, 3.63) is 54.6 Å². The Morgan fingerprint density at radius 3 is 2.71 bits per heavy atom. The Morgan fingerprint density at radius 1 is 1.19 bits per heavy atom. The maximum atomic E-state index is 11.8. The third-order valence-electron chi connectivity index (χ3n) is 2.98. The van der Waals surface area contributed by atoms with Crippen LogP contribution in [0.2, 0.25) is 10.0 Å². The summed E-state index contributed by atoms with van der Waals surface area (Å²) in [5.74, 6) is 0.0293. The number of hydrogen-bond acceptors (Lipinski definition) is 2. The highest BCUT2D eigenvalue weighted by Crippen LogP contribution is 2.26. The number of carbonyl (C=O) groups is 1. The number of benzene rings is 1. The molecule has 112 valence electrons. The largest absolute Gasteiger partial charge is 0.356 e. The lowest BCUT2D eigenvalue weighted by Crippen LogP contribution is -2.25. The molecule has 0 saturated heterocycles. The summed E-state index contributed by atoms with van der Waals surface area (Å²) >= 11 is 17.2. The van der Waals surface area contributed by atoms with Crippen LogP contribution in [-0.2, 0) is 17.6 Å². The van der Waals surface area contributed by atoms with Crippen molar-refractivity contribution in [3.8, 4) is 0 Å². The van der Waals surface area contributed by atoms with Crippen LogP contribution in [-0.4, -0.2) is 12.5 Å². The summed E-state index contributed by atoms with van der Waals surface area (Å²) in [7, 11) is 0. The fraction of sp³-hybridized carbons (Fsp3) is 0.267.